The normalized spacial score (nSPS) is 16.0. The minimum atomic E-state index is 0.203. The molecule has 3 aromatic rings. The van der Waals surface area contributed by atoms with E-state index in [4.69, 9.17) is 4.74 Å². The van der Waals surface area contributed by atoms with E-state index in [9.17, 15) is 0 Å². The van der Waals surface area contributed by atoms with Gasteiger partial charge in [-0.3, -0.25) is 4.90 Å². The lowest BCUT2D eigenvalue weighted by molar-refractivity contribution is 0.267. The molecule has 1 aromatic heterocycles. The zero-order valence-corrected chi connectivity index (χ0v) is 14.6. The Morgan fingerprint density at radius 3 is 2.32 bits per heavy atom. The highest BCUT2D eigenvalue weighted by atomic mass is 16.5. The molecule has 1 atom stereocenters. The van der Waals surface area contributed by atoms with E-state index in [0.29, 0.717) is 0 Å². The van der Waals surface area contributed by atoms with Crippen molar-refractivity contribution in [3.05, 3.63) is 84.2 Å². The molecule has 1 fully saturated rings. The fourth-order valence-electron chi connectivity index (χ4n) is 3.88. The van der Waals surface area contributed by atoms with Crippen LogP contribution in [0.4, 0.5) is 0 Å². The summed E-state index contributed by atoms with van der Waals surface area (Å²) in [6.07, 6.45) is 4.68. The van der Waals surface area contributed by atoms with Crippen LogP contribution < -0.4 is 4.74 Å². The average Bonchev–Trinajstić information content (AvgIpc) is 3.36. The summed E-state index contributed by atoms with van der Waals surface area (Å²) < 4.78 is 7.99. The van der Waals surface area contributed by atoms with Crippen LogP contribution >= 0.6 is 0 Å². The SMILES string of the molecule is COc1ccccc1C(c1cccn1-c1ccccc1)N1CCCC1. The lowest BCUT2D eigenvalue weighted by Gasteiger charge is -2.30. The first-order valence-electron chi connectivity index (χ1n) is 8.98. The molecule has 0 bridgehead atoms. The second-order valence-electron chi connectivity index (χ2n) is 6.53. The van der Waals surface area contributed by atoms with Gasteiger partial charge < -0.3 is 9.30 Å². The highest BCUT2D eigenvalue weighted by Crippen LogP contribution is 2.37. The van der Waals surface area contributed by atoms with Crippen LogP contribution in [0.25, 0.3) is 5.69 Å². The Morgan fingerprint density at radius 2 is 1.56 bits per heavy atom. The van der Waals surface area contributed by atoms with Gasteiger partial charge in [0.25, 0.3) is 0 Å². The van der Waals surface area contributed by atoms with Gasteiger partial charge in [-0.25, -0.2) is 0 Å². The van der Waals surface area contributed by atoms with Gasteiger partial charge in [0, 0.05) is 23.1 Å². The summed E-state index contributed by atoms with van der Waals surface area (Å²) in [5.74, 6) is 0.959. The number of rotatable bonds is 5. The van der Waals surface area contributed by atoms with Crippen LogP contribution in [0, 0.1) is 0 Å². The number of hydrogen-bond acceptors (Lipinski definition) is 2. The van der Waals surface area contributed by atoms with Gasteiger partial charge in [0.05, 0.1) is 13.2 Å². The van der Waals surface area contributed by atoms with E-state index >= 15 is 0 Å². The summed E-state index contributed by atoms with van der Waals surface area (Å²) >= 11 is 0. The summed E-state index contributed by atoms with van der Waals surface area (Å²) in [6.45, 7) is 2.26. The number of likely N-dealkylation sites (tertiary alicyclic amines) is 1. The van der Waals surface area contributed by atoms with Gasteiger partial charge in [-0.15, -0.1) is 0 Å². The fourth-order valence-corrected chi connectivity index (χ4v) is 3.88. The van der Waals surface area contributed by atoms with Crippen LogP contribution in [0.3, 0.4) is 0 Å². The second-order valence-corrected chi connectivity index (χ2v) is 6.53. The molecule has 0 N–H and O–H groups in total. The van der Waals surface area contributed by atoms with E-state index in [2.05, 4.69) is 76.3 Å². The van der Waals surface area contributed by atoms with E-state index in [1.807, 2.05) is 6.07 Å². The first kappa shape index (κ1) is 16.0. The molecule has 1 aliphatic heterocycles. The third-order valence-electron chi connectivity index (χ3n) is 5.03. The lowest BCUT2D eigenvalue weighted by Crippen LogP contribution is -2.28. The summed E-state index contributed by atoms with van der Waals surface area (Å²) in [5.41, 5.74) is 3.72. The Balaban J connectivity index is 1.84. The number of methoxy groups -OCH3 is 1. The average molecular weight is 332 g/mol. The molecule has 25 heavy (non-hydrogen) atoms. The third-order valence-corrected chi connectivity index (χ3v) is 5.03. The molecule has 0 aliphatic carbocycles. The van der Waals surface area contributed by atoms with Gasteiger partial charge in [-0.1, -0.05) is 36.4 Å². The molecule has 0 radical (unpaired) electrons. The van der Waals surface area contributed by atoms with Crippen LogP contribution in [0.5, 0.6) is 5.75 Å². The Labute approximate surface area is 149 Å². The molecule has 128 valence electrons. The highest BCUT2D eigenvalue weighted by Gasteiger charge is 2.29. The zero-order chi connectivity index (χ0) is 17.1. The van der Waals surface area contributed by atoms with Crippen molar-refractivity contribution in [2.24, 2.45) is 0 Å². The molecule has 0 saturated carbocycles. The molecule has 4 rings (SSSR count). The summed E-state index contributed by atoms with van der Waals surface area (Å²) in [7, 11) is 1.76. The Morgan fingerprint density at radius 1 is 0.840 bits per heavy atom. The summed E-state index contributed by atoms with van der Waals surface area (Å²) in [5, 5.41) is 0. The minimum Gasteiger partial charge on any atom is -0.496 e. The zero-order valence-electron chi connectivity index (χ0n) is 14.6. The maximum absolute atomic E-state index is 5.69. The molecular formula is C22H24N2O. The first-order valence-corrected chi connectivity index (χ1v) is 8.98. The maximum Gasteiger partial charge on any atom is 0.124 e. The number of aromatic nitrogens is 1. The van der Waals surface area contributed by atoms with Crippen molar-refractivity contribution in [1.29, 1.82) is 0 Å². The van der Waals surface area contributed by atoms with Crippen molar-refractivity contribution >= 4 is 0 Å². The summed E-state index contributed by atoms with van der Waals surface area (Å²) in [4.78, 5) is 2.58. The van der Waals surface area contributed by atoms with Crippen molar-refractivity contribution in [3.8, 4) is 11.4 Å². The Bertz CT molecular complexity index is 819. The van der Waals surface area contributed by atoms with Crippen LogP contribution in [-0.4, -0.2) is 29.7 Å². The number of hydrogen-bond donors (Lipinski definition) is 0. The molecule has 0 amide bonds. The van der Waals surface area contributed by atoms with Gasteiger partial charge in [-0.2, -0.15) is 0 Å². The molecule has 1 unspecified atom stereocenters. The smallest absolute Gasteiger partial charge is 0.124 e. The van der Waals surface area contributed by atoms with Crippen molar-refractivity contribution in [2.45, 2.75) is 18.9 Å². The fraction of sp³-hybridized carbons (Fsp3) is 0.273. The molecule has 2 aromatic carbocycles. The number of nitrogens with zero attached hydrogens (tertiary/aromatic N) is 2. The Kier molecular flexibility index (Phi) is 4.57. The molecule has 0 spiro atoms. The number of benzene rings is 2. The third kappa shape index (κ3) is 3.08. The molecule has 3 heteroatoms. The van der Waals surface area contributed by atoms with E-state index in [1.165, 1.54) is 29.8 Å². The van der Waals surface area contributed by atoms with Gasteiger partial charge in [0.1, 0.15) is 5.75 Å². The lowest BCUT2D eigenvalue weighted by atomic mass is 10.0. The predicted molar refractivity (Wildman–Crippen MR) is 101 cm³/mol. The van der Waals surface area contributed by atoms with E-state index in [1.54, 1.807) is 7.11 Å². The predicted octanol–water partition coefficient (Wildman–Crippen LogP) is 4.67. The van der Waals surface area contributed by atoms with Crippen molar-refractivity contribution < 1.29 is 4.74 Å². The minimum absolute atomic E-state index is 0.203. The maximum atomic E-state index is 5.69. The van der Waals surface area contributed by atoms with Crippen LogP contribution in [-0.2, 0) is 0 Å². The molecule has 1 saturated heterocycles. The topological polar surface area (TPSA) is 17.4 Å². The van der Waals surface area contributed by atoms with Gasteiger partial charge in [-0.05, 0) is 56.3 Å². The van der Waals surface area contributed by atoms with E-state index < -0.39 is 0 Å². The van der Waals surface area contributed by atoms with Gasteiger partial charge in [0.15, 0.2) is 0 Å². The van der Waals surface area contributed by atoms with Gasteiger partial charge >= 0.3 is 0 Å². The van der Waals surface area contributed by atoms with E-state index in [-0.39, 0.29) is 6.04 Å². The molecule has 3 nitrogen and oxygen atoms in total. The Hall–Kier alpha value is -2.52. The monoisotopic (exact) mass is 332 g/mol. The van der Waals surface area contributed by atoms with Crippen LogP contribution in [0.1, 0.15) is 30.1 Å². The second kappa shape index (κ2) is 7.16. The molecular weight excluding hydrogens is 308 g/mol. The summed E-state index contributed by atoms with van der Waals surface area (Å²) in [6, 6.07) is 23.6. The van der Waals surface area contributed by atoms with Crippen LogP contribution in [0.2, 0.25) is 0 Å². The highest BCUT2D eigenvalue weighted by molar-refractivity contribution is 5.43. The van der Waals surface area contributed by atoms with Crippen molar-refractivity contribution in [3.63, 3.8) is 0 Å². The molecule has 1 aliphatic rings. The quantitative estimate of drug-likeness (QED) is 0.675. The van der Waals surface area contributed by atoms with E-state index in [0.717, 1.165) is 18.8 Å². The van der Waals surface area contributed by atoms with Gasteiger partial charge in [0.2, 0.25) is 0 Å². The standard InChI is InChI=1S/C22H24N2O/c1-25-21-14-6-5-12-19(21)22(23-15-7-8-16-23)20-13-9-17-24(20)18-10-3-2-4-11-18/h2-6,9-14,17,22H,7-8,15-16H2,1H3. The largest absolute Gasteiger partial charge is 0.496 e. The molecule has 2 heterocycles. The first-order chi connectivity index (χ1) is 12.4. The van der Waals surface area contributed by atoms with Crippen molar-refractivity contribution in [2.75, 3.05) is 20.2 Å². The number of para-hydroxylation sites is 2. The van der Waals surface area contributed by atoms with Crippen molar-refractivity contribution in [1.82, 2.24) is 9.47 Å². The number of ether oxygens (including phenoxy) is 1. The van der Waals surface area contributed by atoms with Crippen LogP contribution in [0.15, 0.2) is 72.9 Å².